The normalized spacial score (nSPS) is 11.2. The number of benzene rings is 1. The van der Waals surface area contributed by atoms with Crippen LogP contribution in [0.25, 0.3) is 22.0 Å². The van der Waals surface area contributed by atoms with Crippen LogP contribution in [0.5, 0.6) is 5.75 Å². The van der Waals surface area contributed by atoms with Crippen LogP contribution in [-0.2, 0) is 24.9 Å². The van der Waals surface area contributed by atoms with Gasteiger partial charge in [-0.05, 0) is 19.1 Å². The van der Waals surface area contributed by atoms with Crippen molar-refractivity contribution < 1.29 is 19.7 Å². The van der Waals surface area contributed by atoms with Crippen molar-refractivity contribution in [2.24, 2.45) is 7.05 Å². The average molecular weight is 406 g/mol. The molecule has 3 aromatic heterocycles. The smallest absolute Gasteiger partial charge is 0.340 e. The van der Waals surface area contributed by atoms with E-state index in [0.717, 1.165) is 5.56 Å². The molecule has 0 bridgehead atoms. The minimum atomic E-state index is -0.535. The first-order valence-corrected chi connectivity index (χ1v) is 9.57. The molecule has 8 heteroatoms. The number of aromatic nitrogens is 4. The van der Waals surface area contributed by atoms with E-state index >= 15 is 0 Å². The molecule has 2 N–H and O–H groups in total. The van der Waals surface area contributed by atoms with E-state index in [-0.39, 0.29) is 31.1 Å². The highest BCUT2D eigenvalue weighted by molar-refractivity contribution is 6.09. The third-order valence-electron chi connectivity index (χ3n) is 5.19. The van der Waals surface area contributed by atoms with Gasteiger partial charge in [0, 0.05) is 53.9 Å². The van der Waals surface area contributed by atoms with Gasteiger partial charge in [-0.3, -0.25) is 4.98 Å². The van der Waals surface area contributed by atoms with Crippen molar-refractivity contribution in [3.05, 3.63) is 66.1 Å². The molecule has 3 heterocycles. The number of pyridine rings is 1. The monoisotopic (exact) mass is 406 g/mol. The highest BCUT2D eigenvalue weighted by Crippen LogP contribution is 2.41. The molecule has 4 aromatic rings. The SMILES string of the molecule is CCOC(=O)c1c(CO)n(C)c2cc(-c3cccnc3)c(O)c(Cn3ccnc3)c12. The number of aliphatic hydroxyl groups is 1. The summed E-state index contributed by atoms with van der Waals surface area (Å²) in [6, 6.07) is 5.46. The van der Waals surface area contributed by atoms with E-state index in [9.17, 15) is 15.0 Å². The first kappa shape index (κ1) is 19.7. The number of phenolic OH excluding ortho intramolecular Hbond substituents is 1. The van der Waals surface area contributed by atoms with Crippen molar-refractivity contribution in [2.45, 2.75) is 20.1 Å². The number of fused-ring (bicyclic) bond motifs is 1. The fourth-order valence-electron chi connectivity index (χ4n) is 3.78. The Kier molecular flexibility index (Phi) is 5.24. The van der Waals surface area contributed by atoms with Crippen LogP contribution in [0.3, 0.4) is 0 Å². The molecule has 0 aliphatic rings. The molecule has 0 aliphatic carbocycles. The van der Waals surface area contributed by atoms with Gasteiger partial charge in [-0.25, -0.2) is 9.78 Å². The molecule has 154 valence electrons. The lowest BCUT2D eigenvalue weighted by atomic mass is 9.96. The third-order valence-corrected chi connectivity index (χ3v) is 5.19. The number of nitrogens with zero attached hydrogens (tertiary/aromatic N) is 4. The van der Waals surface area contributed by atoms with E-state index in [1.807, 2.05) is 10.6 Å². The van der Waals surface area contributed by atoms with E-state index in [0.29, 0.717) is 27.7 Å². The van der Waals surface area contributed by atoms with Gasteiger partial charge in [-0.15, -0.1) is 0 Å². The summed E-state index contributed by atoms with van der Waals surface area (Å²) in [5.41, 5.74) is 3.27. The van der Waals surface area contributed by atoms with Crippen LogP contribution in [-0.4, -0.2) is 41.9 Å². The van der Waals surface area contributed by atoms with Gasteiger partial charge in [0.05, 0.1) is 42.9 Å². The average Bonchev–Trinajstić information content (AvgIpc) is 3.36. The number of hydrogen-bond acceptors (Lipinski definition) is 6. The Balaban J connectivity index is 2.08. The molecule has 0 amide bonds. The van der Waals surface area contributed by atoms with Crippen LogP contribution in [0.4, 0.5) is 0 Å². The molecule has 0 saturated heterocycles. The number of carbonyl (C=O) groups excluding carboxylic acids is 1. The van der Waals surface area contributed by atoms with Crippen molar-refractivity contribution in [1.29, 1.82) is 0 Å². The van der Waals surface area contributed by atoms with Gasteiger partial charge in [-0.2, -0.15) is 0 Å². The van der Waals surface area contributed by atoms with E-state index in [1.165, 1.54) is 0 Å². The Labute approximate surface area is 173 Å². The molecule has 8 nitrogen and oxygen atoms in total. The lowest BCUT2D eigenvalue weighted by Crippen LogP contribution is -2.09. The molecule has 30 heavy (non-hydrogen) atoms. The summed E-state index contributed by atoms with van der Waals surface area (Å²) >= 11 is 0. The predicted molar refractivity (Wildman–Crippen MR) is 111 cm³/mol. The van der Waals surface area contributed by atoms with Crippen LogP contribution in [0.15, 0.2) is 49.3 Å². The highest BCUT2D eigenvalue weighted by atomic mass is 16.5. The number of ether oxygens (including phenoxy) is 1. The molecule has 0 saturated carbocycles. The minimum absolute atomic E-state index is 0.0461. The minimum Gasteiger partial charge on any atom is -0.507 e. The van der Waals surface area contributed by atoms with Crippen LogP contribution in [0.2, 0.25) is 0 Å². The molecule has 4 rings (SSSR count). The van der Waals surface area contributed by atoms with Crippen molar-refractivity contribution in [1.82, 2.24) is 19.1 Å². The number of rotatable bonds is 6. The summed E-state index contributed by atoms with van der Waals surface area (Å²) in [7, 11) is 1.78. The van der Waals surface area contributed by atoms with Crippen LogP contribution in [0.1, 0.15) is 28.5 Å². The van der Waals surface area contributed by atoms with Crippen molar-refractivity contribution in [2.75, 3.05) is 6.61 Å². The summed E-state index contributed by atoms with van der Waals surface area (Å²) in [4.78, 5) is 21.0. The maximum Gasteiger partial charge on any atom is 0.340 e. The van der Waals surface area contributed by atoms with Crippen molar-refractivity contribution in [3.8, 4) is 16.9 Å². The first-order valence-electron chi connectivity index (χ1n) is 9.57. The molecule has 0 spiro atoms. The molecule has 0 aliphatic heterocycles. The second-order valence-corrected chi connectivity index (χ2v) is 6.88. The topological polar surface area (TPSA) is 102 Å². The second kappa shape index (κ2) is 8.00. The van der Waals surface area contributed by atoms with Crippen LogP contribution < -0.4 is 0 Å². The van der Waals surface area contributed by atoms with Gasteiger partial charge >= 0.3 is 5.97 Å². The molecule has 1 aromatic carbocycles. The van der Waals surface area contributed by atoms with Gasteiger partial charge in [0.15, 0.2) is 0 Å². The highest BCUT2D eigenvalue weighted by Gasteiger charge is 2.27. The van der Waals surface area contributed by atoms with E-state index < -0.39 is 5.97 Å². The van der Waals surface area contributed by atoms with Gasteiger partial charge in [0.25, 0.3) is 0 Å². The first-order chi connectivity index (χ1) is 14.6. The molecular formula is C22H22N4O4. The van der Waals surface area contributed by atoms with E-state index in [1.54, 1.807) is 61.8 Å². The van der Waals surface area contributed by atoms with Gasteiger partial charge in [0.1, 0.15) is 5.75 Å². The molecule has 0 unspecified atom stereocenters. The Hall–Kier alpha value is -3.65. The quantitative estimate of drug-likeness (QED) is 0.478. The summed E-state index contributed by atoms with van der Waals surface area (Å²) in [6.45, 7) is 1.88. The summed E-state index contributed by atoms with van der Waals surface area (Å²) in [5.74, 6) is -0.489. The summed E-state index contributed by atoms with van der Waals surface area (Å²) < 4.78 is 8.83. The Bertz CT molecular complexity index is 1200. The van der Waals surface area contributed by atoms with E-state index in [4.69, 9.17) is 4.74 Å². The van der Waals surface area contributed by atoms with Crippen molar-refractivity contribution >= 4 is 16.9 Å². The molecular weight excluding hydrogens is 384 g/mol. The number of imidazole rings is 1. The Morgan fingerprint density at radius 3 is 2.73 bits per heavy atom. The fraction of sp³-hybridized carbons (Fsp3) is 0.227. The number of esters is 1. The second-order valence-electron chi connectivity index (χ2n) is 6.88. The molecule has 0 radical (unpaired) electrons. The van der Waals surface area contributed by atoms with Crippen LogP contribution in [0, 0.1) is 0 Å². The number of phenols is 1. The predicted octanol–water partition coefficient (Wildman–Crippen LogP) is 2.86. The third kappa shape index (κ3) is 3.21. The van der Waals surface area contributed by atoms with E-state index in [2.05, 4.69) is 9.97 Å². The summed E-state index contributed by atoms with van der Waals surface area (Å²) in [5, 5.41) is 21.8. The Morgan fingerprint density at radius 1 is 1.27 bits per heavy atom. The summed E-state index contributed by atoms with van der Waals surface area (Å²) in [6.07, 6.45) is 8.40. The standard InChI is InChI=1S/C22H22N4O4/c1-3-30-22(29)20-18(12-27)25(2)17-9-15(14-5-4-6-23-10-14)21(28)16(19(17)20)11-26-8-7-24-13-26/h4-10,13,27-28H,3,11-12H2,1-2H3. The van der Waals surface area contributed by atoms with Crippen molar-refractivity contribution in [3.63, 3.8) is 0 Å². The largest absolute Gasteiger partial charge is 0.507 e. The molecule has 0 fully saturated rings. The maximum absolute atomic E-state index is 12.8. The fourth-order valence-corrected chi connectivity index (χ4v) is 3.78. The maximum atomic E-state index is 12.8. The zero-order chi connectivity index (χ0) is 21.3. The lowest BCUT2D eigenvalue weighted by Gasteiger charge is -2.14. The van der Waals surface area contributed by atoms with Gasteiger partial charge in [-0.1, -0.05) is 6.07 Å². The molecule has 0 atom stereocenters. The van der Waals surface area contributed by atoms with Gasteiger partial charge in [0.2, 0.25) is 0 Å². The zero-order valence-corrected chi connectivity index (χ0v) is 16.7. The van der Waals surface area contributed by atoms with Gasteiger partial charge < -0.3 is 24.1 Å². The number of hydrogen-bond donors (Lipinski definition) is 2. The number of carbonyl (C=O) groups is 1. The Morgan fingerprint density at radius 2 is 2.10 bits per heavy atom. The number of aryl methyl sites for hydroxylation is 1. The number of aliphatic hydroxyl groups excluding tert-OH is 1. The van der Waals surface area contributed by atoms with Crippen LogP contribution >= 0.6 is 0 Å². The lowest BCUT2D eigenvalue weighted by molar-refractivity contribution is 0.0524. The number of aromatic hydroxyl groups is 1. The zero-order valence-electron chi connectivity index (χ0n) is 16.7.